The molecule has 0 unspecified atom stereocenters. The van der Waals surface area contributed by atoms with E-state index < -0.39 is 0 Å². The van der Waals surface area contributed by atoms with Crippen LogP contribution in [0.25, 0.3) is 16.2 Å². The topological polar surface area (TPSA) is 48.0 Å². The average molecular weight is 275 g/mol. The van der Waals surface area contributed by atoms with Crippen molar-refractivity contribution in [2.75, 3.05) is 0 Å². The van der Waals surface area contributed by atoms with Crippen molar-refractivity contribution in [3.05, 3.63) is 22.6 Å². The van der Waals surface area contributed by atoms with Gasteiger partial charge in [-0.1, -0.05) is 18.3 Å². The minimum atomic E-state index is 0.882. The van der Waals surface area contributed by atoms with Crippen LogP contribution < -0.4 is 0 Å². The lowest BCUT2D eigenvalue weighted by atomic mass is 10.1. The molecule has 0 aliphatic rings. The summed E-state index contributed by atoms with van der Waals surface area (Å²) in [4.78, 5) is 5.64. The van der Waals surface area contributed by atoms with Crippen molar-refractivity contribution in [2.45, 2.75) is 40.7 Å². The second kappa shape index (κ2) is 4.45. The molecule has 3 aromatic rings. The number of aryl methyl sites for hydroxylation is 3. The van der Waals surface area contributed by atoms with Gasteiger partial charge in [0.25, 0.3) is 0 Å². The Bertz CT molecular complexity index is 702. The van der Waals surface area contributed by atoms with E-state index in [-0.39, 0.29) is 0 Å². The number of fused-ring (bicyclic) bond motifs is 1. The molecule has 0 bridgehead atoms. The summed E-state index contributed by atoms with van der Waals surface area (Å²) >= 11 is 1.65. The molecular weight excluding hydrogens is 258 g/mol. The SMILES string of the molecule is CCc1nn2cc(-c3c(C)nn(CC)c3C)nc2s1. The number of rotatable bonds is 3. The average Bonchev–Trinajstić information content (AvgIpc) is 3.00. The molecule has 0 radical (unpaired) electrons. The standard InChI is InChI=1S/C13H17N5S/c1-5-11-16-18-7-10(14-13(18)19-11)12-8(3)15-17(6-2)9(12)4/h7H,5-6H2,1-4H3. The Morgan fingerprint density at radius 2 is 2.00 bits per heavy atom. The van der Waals surface area contributed by atoms with Crippen LogP contribution in [0.15, 0.2) is 6.20 Å². The molecule has 0 atom stereocenters. The Hall–Kier alpha value is -1.69. The first-order valence-corrected chi connectivity index (χ1v) is 7.35. The van der Waals surface area contributed by atoms with Crippen molar-refractivity contribution in [1.29, 1.82) is 0 Å². The van der Waals surface area contributed by atoms with Gasteiger partial charge in [0.05, 0.1) is 17.6 Å². The van der Waals surface area contributed by atoms with Crippen LogP contribution in [0.4, 0.5) is 0 Å². The maximum atomic E-state index is 4.69. The monoisotopic (exact) mass is 275 g/mol. The third kappa shape index (κ3) is 1.87. The lowest BCUT2D eigenvalue weighted by molar-refractivity contribution is 0.634. The molecular formula is C13H17N5S. The van der Waals surface area contributed by atoms with Gasteiger partial charge in [-0.3, -0.25) is 4.68 Å². The van der Waals surface area contributed by atoms with Crippen molar-refractivity contribution in [1.82, 2.24) is 24.4 Å². The number of aromatic nitrogens is 5. The molecule has 3 rings (SSSR count). The predicted molar refractivity (Wildman–Crippen MR) is 76.6 cm³/mol. The van der Waals surface area contributed by atoms with Crippen LogP contribution in [0.3, 0.4) is 0 Å². The van der Waals surface area contributed by atoms with Gasteiger partial charge in [-0.2, -0.15) is 10.2 Å². The van der Waals surface area contributed by atoms with Crippen molar-refractivity contribution < 1.29 is 0 Å². The van der Waals surface area contributed by atoms with Gasteiger partial charge in [0.1, 0.15) is 5.01 Å². The summed E-state index contributed by atoms with van der Waals surface area (Å²) in [6, 6.07) is 0. The molecule has 19 heavy (non-hydrogen) atoms. The van der Waals surface area contributed by atoms with E-state index in [1.807, 2.05) is 22.3 Å². The lowest BCUT2D eigenvalue weighted by Gasteiger charge is -1.99. The summed E-state index contributed by atoms with van der Waals surface area (Å²) in [6.07, 6.45) is 2.96. The van der Waals surface area contributed by atoms with Crippen LogP contribution in [-0.2, 0) is 13.0 Å². The quantitative estimate of drug-likeness (QED) is 0.738. The highest BCUT2D eigenvalue weighted by molar-refractivity contribution is 7.16. The van der Waals surface area contributed by atoms with Gasteiger partial charge in [0, 0.05) is 17.8 Å². The van der Waals surface area contributed by atoms with Gasteiger partial charge in [-0.25, -0.2) is 9.50 Å². The minimum Gasteiger partial charge on any atom is -0.269 e. The summed E-state index contributed by atoms with van der Waals surface area (Å²) in [6.45, 7) is 9.22. The van der Waals surface area contributed by atoms with Crippen molar-refractivity contribution >= 4 is 16.3 Å². The van der Waals surface area contributed by atoms with Gasteiger partial charge in [0.2, 0.25) is 4.96 Å². The summed E-state index contributed by atoms with van der Waals surface area (Å²) < 4.78 is 3.89. The zero-order valence-electron chi connectivity index (χ0n) is 11.6. The number of hydrogen-bond acceptors (Lipinski definition) is 4. The van der Waals surface area contributed by atoms with Crippen molar-refractivity contribution in [3.63, 3.8) is 0 Å². The van der Waals surface area contributed by atoms with Crippen molar-refractivity contribution in [2.24, 2.45) is 0 Å². The van der Waals surface area contributed by atoms with E-state index in [1.54, 1.807) is 11.3 Å². The lowest BCUT2D eigenvalue weighted by Crippen LogP contribution is -1.98. The molecule has 100 valence electrons. The van der Waals surface area contributed by atoms with E-state index >= 15 is 0 Å². The van der Waals surface area contributed by atoms with Crippen molar-refractivity contribution in [3.8, 4) is 11.3 Å². The first-order chi connectivity index (χ1) is 9.13. The van der Waals surface area contributed by atoms with Gasteiger partial charge < -0.3 is 0 Å². The van der Waals surface area contributed by atoms with E-state index in [2.05, 4.69) is 36.0 Å². The zero-order valence-corrected chi connectivity index (χ0v) is 12.5. The molecule has 0 amide bonds. The largest absolute Gasteiger partial charge is 0.269 e. The van der Waals surface area contributed by atoms with E-state index in [1.165, 1.54) is 5.69 Å². The first kappa shape index (κ1) is 12.3. The predicted octanol–water partition coefficient (Wildman–Crippen LogP) is 2.85. The molecule has 0 spiro atoms. The van der Waals surface area contributed by atoms with Gasteiger partial charge in [-0.15, -0.1) is 0 Å². The van der Waals surface area contributed by atoms with Crippen LogP contribution in [0.2, 0.25) is 0 Å². The fourth-order valence-corrected chi connectivity index (χ4v) is 3.20. The second-order valence-electron chi connectivity index (χ2n) is 4.56. The molecule has 0 aromatic carbocycles. The summed E-state index contributed by atoms with van der Waals surface area (Å²) in [5.41, 5.74) is 4.30. The van der Waals surface area contributed by atoms with E-state index in [0.29, 0.717) is 0 Å². The maximum Gasteiger partial charge on any atom is 0.212 e. The molecule has 0 saturated heterocycles. The normalized spacial score (nSPS) is 11.6. The second-order valence-corrected chi connectivity index (χ2v) is 5.60. The molecule has 0 saturated carbocycles. The van der Waals surface area contributed by atoms with Gasteiger partial charge in [0.15, 0.2) is 0 Å². The third-order valence-electron chi connectivity index (χ3n) is 3.32. The zero-order chi connectivity index (χ0) is 13.6. The fourth-order valence-electron chi connectivity index (χ4n) is 2.38. The number of imidazole rings is 1. The Labute approximate surface area is 115 Å². The highest BCUT2D eigenvalue weighted by Crippen LogP contribution is 2.27. The molecule has 5 nitrogen and oxygen atoms in total. The third-order valence-corrected chi connectivity index (χ3v) is 4.39. The van der Waals surface area contributed by atoms with Gasteiger partial charge >= 0.3 is 0 Å². The molecule has 6 heteroatoms. The Kier molecular flexibility index (Phi) is 2.89. The highest BCUT2D eigenvalue weighted by atomic mass is 32.1. The summed E-state index contributed by atoms with van der Waals surface area (Å²) in [5, 5.41) is 10.2. The van der Waals surface area contributed by atoms with Crippen LogP contribution in [0.1, 0.15) is 30.2 Å². The molecule has 0 fully saturated rings. The molecule has 0 aliphatic heterocycles. The minimum absolute atomic E-state index is 0.882. The van der Waals surface area contributed by atoms with Crippen LogP contribution in [0.5, 0.6) is 0 Å². The Morgan fingerprint density at radius 1 is 1.21 bits per heavy atom. The first-order valence-electron chi connectivity index (χ1n) is 6.53. The van der Waals surface area contributed by atoms with Crippen LogP contribution in [-0.4, -0.2) is 24.4 Å². The smallest absolute Gasteiger partial charge is 0.212 e. The van der Waals surface area contributed by atoms with Crippen LogP contribution in [0, 0.1) is 13.8 Å². The summed E-state index contributed by atoms with van der Waals surface area (Å²) in [7, 11) is 0. The molecule has 0 aliphatic carbocycles. The fraction of sp³-hybridized carbons (Fsp3) is 0.462. The summed E-state index contributed by atoms with van der Waals surface area (Å²) in [5.74, 6) is 0. The number of nitrogens with zero attached hydrogens (tertiary/aromatic N) is 5. The maximum absolute atomic E-state index is 4.69. The van der Waals surface area contributed by atoms with Gasteiger partial charge in [-0.05, 0) is 27.2 Å². The number of hydrogen-bond donors (Lipinski definition) is 0. The van der Waals surface area contributed by atoms with E-state index in [0.717, 1.165) is 39.9 Å². The highest BCUT2D eigenvalue weighted by Gasteiger charge is 2.17. The van der Waals surface area contributed by atoms with E-state index in [4.69, 9.17) is 0 Å². The Morgan fingerprint density at radius 3 is 2.58 bits per heavy atom. The molecule has 3 heterocycles. The molecule has 0 N–H and O–H groups in total. The Balaban J connectivity index is 2.13. The molecule has 3 aromatic heterocycles. The van der Waals surface area contributed by atoms with E-state index in [9.17, 15) is 0 Å². The van der Waals surface area contributed by atoms with Crippen LogP contribution >= 0.6 is 11.3 Å².